The summed E-state index contributed by atoms with van der Waals surface area (Å²) in [4.78, 5) is 9.80. The highest BCUT2D eigenvalue weighted by Gasteiger charge is 2.13. The number of nitrogens with zero attached hydrogens (tertiary/aromatic N) is 3. The van der Waals surface area contributed by atoms with Gasteiger partial charge in [-0.05, 0) is 62.0 Å². The third-order valence-corrected chi connectivity index (χ3v) is 5.46. The van der Waals surface area contributed by atoms with Crippen LogP contribution in [0, 0.1) is 17.1 Å². The van der Waals surface area contributed by atoms with Crippen molar-refractivity contribution in [1.29, 1.82) is 5.26 Å². The Balaban J connectivity index is 1.61. The molecule has 2 N–H and O–H groups in total. The van der Waals surface area contributed by atoms with E-state index in [0.717, 1.165) is 23.4 Å². The number of ether oxygens (including phenoxy) is 1. The molecule has 1 aromatic heterocycles. The van der Waals surface area contributed by atoms with Gasteiger partial charge >= 0.3 is 0 Å². The summed E-state index contributed by atoms with van der Waals surface area (Å²) in [6.45, 7) is 2.29. The summed E-state index contributed by atoms with van der Waals surface area (Å²) in [7, 11) is 0. The first-order chi connectivity index (χ1) is 15.2. The molecule has 0 bridgehead atoms. The second kappa shape index (κ2) is 9.49. The van der Waals surface area contributed by atoms with Crippen molar-refractivity contribution in [2.24, 2.45) is 0 Å². The summed E-state index contributed by atoms with van der Waals surface area (Å²) in [5, 5.41) is 12.8. The number of hydrogen-bond donors (Lipinski definition) is 2. The molecule has 0 amide bonds. The zero-order valence-corrected chi connectivity index (χ0v) is 17.7. The van der Waals surface area contributed by atoms with Gasteiger partial charge in [-0.1, -0.05) is 18.2 Å². The first kappa shape index (κ1) is 20.7. The molecule has 0 fully saturated rings. The van der Waals surface area contributed by atoms with Gasteiger partial charge in [-0.3, -0.25) is 0 Å². The fraction of sp³-hybridized carbons (Fsp3) is 0.174. The van der Waals surface area contributed by atoms with E-state index in [2.05, 4.69) is 44.3 Å². The number of nitriles is 1. The number of halogens is 1. The lowest BCUT2D eigenvalue weighted by atomic mass is 10.1. The van der Waals surface area contributed by atoms with Crippen LogP contribution in [0.2, 0.25) is 0 Å². The maximum absolute atomic E-state index is 14.5. The Morgan fingerprint density at radius 2 is 2.13 bits per heavy atom. The Morgan fingerprint density at radius 1 is 1.23 bits per heavy atom. The number of allylic oxidation sites excluding steroid dienone is 3. The Labute approximate surface area is 184 Å². The number of rotatable bonds is 7. The Bertz CT molecular complexity index is 1220. The van der Waals surface area contributed by atoms with Crippen LogP contribution < -0.4 is 14.8 Å². The normalized spacial score (nSPS) is 12.9. The molecule has 0 saturated heterocycles. The molecule has 8 heteroatoms. The van der Waals surface area contributed by atoms with Gasteiger partial charge in [0.05, 0.1) is 29.7 Å². The van der Waals surface area contributed by atoms with E-state index in [1.807, 2.05) is 6.92 Å². The monoisotopic (exact) mass is 433 g/mol. The topological polar surface area (TPSA) is 82.9 Å². The Hall–Kier alpha value is -3.57. The van der Waals surface area contributed by atoms with Crippen LogP contribution in [-0.4, -0.2) is 16.6 Å². The van der Waals surface area contributed by atoms with Crippen LogP contribution >= 0.6 is 11.9 Å². The minimum absolute atomic E-state index is 0.253. The second-order valence-electron chi connectivity index (χ2n) is 6.72. The molecule has 3 aromatic rings. The maximum atomic E-state index is 14.5. The fourth-order valence-electron chi connectivity index (χ4n) is 3.11. The summed E-state index contributed by atoms with van der Waals surface area (Å²) in [6, 6.07) is 10.3. The summed E-state index contributed by atoms with van der Waals surface area (Å²) in [6.07, 6.45) is 9.94. The predicted octanol–water partition coefficient (Wildman–Crippen LogP) is 6.08. The fourth-order valence-corrected chi connectivity index (χ4v) is 3.84. The first-order valence-corrected chi connectivity index (χ1v) is 10.7. The molecule has 0 unspecified atom stereocenters. The third kappa shape index (κ3) is 4.78. The number of hydrogen-bond acceptors (Lipinski definition) is 7. The Morgan fingerprint density at radius 3 is 2.90 bits per heavy atom. The van der Waals surface area contributed by atoms with Crippen LogP contribution in [-0.2, 0) is 0 Å². The van der Waals surface area contributed by atoms with Crippen LogP contribution in [0.5, 0.6) is 5.88 Å². The number of benzene rings is 2. The lowest BCUT2D eigenvalue weighted by Crippen LogP contribution is -2.01. The lowest BCUT2D eigenvalue weighted by Gasteiger charge is -2.13. The smallest absolute Gasteiger partial charge is 0.232 e. The third-order valence-electron chi connectivity index (χ3n) is 4.58. The average Bonchev–Trinajstić information content (AvgIpc) is 2.80. The molecule has 1 aliphatic rings. The highest BCUT2D eigenvalue weighted by atomic mass is 32.2. The van der Waals surface area contributed by atoms with Crippen molar-refractivity contribution in [3.63, 3.8) is 0 Å². The van der Waals surface area contributed by atoms with Crippen LogP contribution in [0.25, 0.3) is 11.0 Å². The quantitative estimate of drug-likeness (QED) is 0.437. The van der Waals surface area contributed by atoms with Gasteiger partial charge in [0.1, 0.15) is 23.0 Å². The van der Waals surface area contributed by atoms with E-state index in [4.69, 9.17) is 4.74 Å². The molecule has 156 valence electrons. The summed E-state index contributed by atoms with van der Waals surface area (Å²) < 4.78 is 23.1. The van der Waals surface area contributed by atoms with E-state index in [1.165, 1.54) is 24.2 Å². The van der Waals surface area contributed by atoms with Crippen molar-refractivity contribution in [2.75, 3.05) is 16.6 Å². The van der Waals surface area contributed by atoms with Gasteiger partial charge in [0.15, 0.2) is 0 Å². The van der Waals surface area contributed by atoms with E-state index >= 15 is 0 Å². The molecule has 2 aromatic carbocycles. The zero-order chi connectivity index (χ0) is 21.6. The van der Waals surface area contributed by atoms with Crippen LogP contribution in [0.4, 0.5) is 21.5 Å². The van der Waals surface area contributed by atoms with E-state index in [0.29, 0.717) is 29.2 Å². The van der Waals surface area contributed by atoms with Crippen LogP contribution in [0.15, 0.2) is 59.7 Å². The standard InChI is InChI=1S/C23H20FN5OS/c1-2-30-22-14-26-20-11-10-19(17(13-25)23(20)28-22)27-21-12-15(8-9-18(21)24)29-31-16-6-4-3-5-7-16/h4,6-12,14,27,29H,2-3,5H2,1H3. The summed E-state index contributed by atoms with van der Waals surface area (Å²) in [5.41, 5.74) is 2.68. The second-order valence-corrected chi connectivity index (χ2v) is 7.60. The highest BCUT2D eigenvalue weighted by Crippen LogP contribution is 2.31. The number of aromatic nitrogens is 2. The molecule has 1 aliphatic carbocycles. The average molecular weight is 434 g/mol. The van der Waals surface area contributed by atoms with Crippen molar-refractivity contribution in [2.45, 2.75) is 19.8 Å². The molecule has 31 heavy (non-hydrogen) atoms. The van der Waals surface area contributed by atoms with Gasteiger partial charge in [-0.25, -0.2) is 14.4 Å². The van der Waals surface area contributed by atoms with Crippen LogP contribution in [0.1, 0.15) is 25.3 Å². The van der Waals surface area contributed by atoms with E-state index < -0.39 is 5.82 Å². The summed E-state index contributed by atoms with van der Waals surface area (Å²) in [5.74, 6) is -0.0883. The molecule has 4 rings (SSSR count). The van der Waals surface area contributed by atoms with Gasteiger partial charge in [-0.2, -0.15) is 5.26 Å². The SMILES string of the molecule is CCOc1cnc2ccc(Nc3cc(NSC4=CCCC=C4)ccc3F)c(C#N)c2n1. The molecule has 0 atom stereocenters. The molecule has 0 saturated carbocycles. The summed E-state index contributed by atoms with van der Waals surface area (Å²) >= 11 is 1.48. The molecule has 0 radical (unpaired) electrons. The molecule has 6 nitrogen and oxygen atoms in total. The molecule has 0 spiro atoms. The van der Waals surface area contributed by atoms with Gasteiger partial charge < -0.3 is 14.8 Å². The van der Waals surface area contributed by atoms with Crippen molar-refractivity contribution < 1.29 is 9.13 Å². The predicted molar refractivity (Wildman–Crippen MR) is 123 cm³/mol. The van der Waals surface area contributed by atoms with Gasteiger partial charge in [0.25, 0.3) is 0 Å². The van der Waals surface area contributed by atoms with Crippen molar-refractivity contribution in [3.8, 4) is 11.9 Å². The first-order valence-electron chi connectivity index (χ1n) is 9.86. The largest absolute Gasteiger partial charge is 0.477 e. The minimum atomic E-state index is -0.425. The van der Waals surface area contributed by atoms with Gasteiger partial charge in [-0.15, -0.1) is 0 Å². The number of nitrogens with one attached hydrogen (secondary N) is 2. The number of fused-ring (bicyclic) bond motifs is 1. The molecule has 1 heterocycles. The Kier molecular flexibility index (Phi) is 6.34. The maximum Gasteiger partial charge on any atom is 0.232 e. The van der Waals surface area contributed by atoms with Gasteiger partial charge in [0.2, 0.25) is 5.88 Å². The molecular weight excluding hydrogens is 413 g/mol. The molecular formula is C23H20FN5OS. The zero-order valence-electron chi connectivity index (χ0n) is 16.9. The van der Waals surface area contributed by atoms with E-state index in [1.54, 1.807) is 24.3 Å². The van der Waals surface area contributed by atoms with Crippen molar-refractivity contribution >= 4 is 40.0 Å². The van der Waals surface area contributed by atoms with Gasteiger partial charge in [0, 0.05) is 10.6 Å². The van der Waals surface area contributed by atoms with E-state index in [-0.39, 0.29) is 11.3 Å². The highest BCUT2D eigenvalue weighted by molar-refractivity contribution is 8.04. The minimum Gasteiger partial charge on any atom is -0.477 e. The van der Waals surface area contributed by atoms with Crippen LogP contribution in [0.3, 0.4) is 0 Å². The number of anilines is 3. The van der Waals surface area contributed by atoms with Crippen molar-refractivity contribution in [1.82, 2.24) is 9.97 Å². The lowest BCUT2D eigenvalue weighted by molar-refractivity contribution is 0.327. The van der Waals surface area contributed by atoms with Crippen molar-refractivity contribution in [3.05, 3.63) is 71.0 Å². The molecule has 0 aliphatic heterocycles. The van der Waals surface area contributed by atoms with E-state index in [9.17, 15) is 9.65 Å².